The number of hydrogen-bond donors (Lipinski definition) is 1. The van der Waals surface area contributed by atoms with Crippen LogP contribution < -0.4 is 5.32 Å². The van der Waals surface area contributed by atoms with E-state index in [2.05, 4.69) is 5.32 Å². The zero-order valence-corrected chi connectivity index (χ0v) is 7.56. The fourth-order valence-electron chi connectivity index (χ4n) is 0.987. The van der Waals surface area contributed by atoms with Gasteiger partial charge in [-0.15, -0.1) is 0 Å². The Bertz CT molecular complexity index is 286. The first-order chi connectivity index (χ1) is 5.76. The summed E-state index contributed by atoms with van der Waals surface area (Å²) < 4.78 is 0. The maximum Gasteiger partial charge on any atom is 0.150 e. The summed E-state index contributed by atoms with van der Waals surface area (Å²) in [4.78, 5) is 10.4. The first-order valence-electron chi connectivity index (χ1n) is 3.76. The van der Waals surface area contributed by atoms with Crippen molar-refractivity contribution in [3.05, 3.63) is 28.8 Å². The van der Waals surface area contributed by atoms with Gasteiger partial charge in [-0.3, -0.25) is 4.79 Å². The lowest BCUT2D eigenvalue weighted by Crippen LogP contribution is -1.96. The highest BCUT2D eigenvalue weighted by molar-refractivity contribution is 6.31. The molecule has 3 heteroatoms. The van der Waals surface area contributed by atoms with Crippen molar-refractivity contribution < 1.29 is 4.79 Å². The molecule has 0 saturated carbocycles. The van der Waals surface area contributed by atoms with E-state index in [0.29, 0.717) is 10.6 Å². The first-order valence-corrected chi connectivity index (χ1v) is 4.13. The molecule has 0 heterocycles. The van der Waals surface area contributed by atoms with E-state index in [0.717, 1.165) is 18.5 Å². The van der Waals surface area contributed by atoms with Crippen molar-refractivity contribution in [2.45, 2.75) is 6.92 Å². The predicted octanol–water partition coefficient (Wildman–Crippen LogP) is 2.58. The molecule has 0 atom stereocenters. The average molecular weight is 184 g/mol. The highest BCUT2D eigenvalue weighted by Crippen LogP contribution is 2.17. The van der Waals surface area contributed by atoms with Crippen LogP contribution in [0.3, 0.4) is 0 Å². The van der Waals surface area contributed by atoms with Crippen LogP contribution in [0.25, 0.3) is 0 Å². The molecule has 0 aliphatic rings. The van der Waals surface area contributed by atoms with Crippen LogP contribution in [0.4, 0.5) is 5.69 Å². The quantitative estimate of drug-likeness (QED) is 0.730. The Kier molecular flexibility index (Phi) is 3.11. The summed E-state index contributed by atoms with van der Waals surface area (Å²) in [5.41, 5.74) is 1.48. The Labute approximate surface area is 76.5 Å². The summed E-state index contributed by atoms with van der Waals surface area (Å²) in [5, 5.41) is 3.66. The van der Waals surface area contributed by atoms with Gasteiger partial charge in [0.15, 0.2) is 0 Å². The van der Waals surface area contributed by atoms with Gasteiger partial charge in [0.05, 0.1) is 0 Å². The maximum absolute atomic E-state index is 10.4. The van der Waals surface area contributed by atoms with E-state index < -0.39 is 0 Å². The van der Waals surface area contributed by atoms with Crippen molar-refractivity contribution in [1.29, 1.82) is 0 Å². The monoisotopic (exact) mass is 183 g/mol. The van der Waals surface area contributed by atoms with Gasteiger partial charge in [-0.05, 0) is 25.1 Å². The van der Waals surface area contributed by atoms with Crippen molar-refractivity contribution in [2.24, 2.45) is 0 Å². The average Bonchev–Trinajstić information content (AvgIpc) is 2.04. The lowest BCUT2D eigenvalue weighted by atomic mass is 10.2. The molecule has 0 fully saturated rings. The number of rotatable bonds is 3. The number of anilines is 1. The summed E-state index contributed by atoms with van der Waals surface area (Å²) in [6.45, 7) is 2.81. The van der Waals surface area contributed by atoms with Crippen LogP contribution >= 0.6 is 11.6 Å². The summed E-state index contributed by atoms with van der Waals surface area (Å²) in [6, 6.07) is 5.19. The van der Waals surface area contributed by atoms with Gasteiger partial charge in [-0.2, -0.15) is 0 Å². The number of halogens is 1. The van der Waals surface area contributed by atoms with E-state index in [1.807, 2.05) is 6.92 Å². The normalized spacial score (nSPS) is 9.50. The molecule has 0 aliphatic heterocycles. The lowest BCUT2D eigenvalue weighted by Gasteiger charge is -2.03. The Morgan fingerprint density at radius 2 is 2.25 bits per heavy atom. The van der Waals surface area contributed by atoms with Crippen LogP contribution in [0, 0.1) is 0 Å². The highest BCUT2D eigenvalue weighted by Gasteiger charge is 1.96. The topological polar surface area (TPSA) is 29.1 Å². The number of benzene rings is 1. The second kappa shape index (κ2) is 4.12. The van der Waals surface area contributed by atoms with Gasteiger partial charge in [0.25, 0.3) is 0 Å². The molecule has 0 amide bonds. The smallest absolute Gasteiger partial charge is 0.150 e. The van der Waals surface area contributed by atoms with E-state index >= 15 is 0 Å². The van der Waals surface area contributed by atoms with E-state index in [4.69, 9.17) is 11.6 Å². The SMILES string of the molecule is CCNc1cc(Cl)cc(C=O)c1. The van der Waals surface area contributed by atoms with Crippen molar-refractivity contribution >= 4 is 23.6 Å². The molecule has 0 saturated heterocycles. The molecule has 0 aromatic heterocycles. The Morgan fingerprint density at radius 3 is 2.83 bits per heavy atom. The fourth-order valence-corrected chi connectivity index (χ4v) is 1.23. The number of carbonyl (C=O) groups excluding carboxylic acids is 1. The van der Waals surface area contributed by atoms with Gasteiger partial charge in [0, 0.05) is 22.8 Å². The van der Waals surface area contributed by atoms with Crippen molar-refractivity contribution in [1.82, 2.24) is 0 Å². The third-order valence-corrected chi connectivity index (χ3v) is 1.66. The molecule has 2 nitrogen and oxygen atoms in total. The fraction of sp³-hybridized carbons (Fsp3) is 0.222. The Hall–Kier alpha value is -1.02. The maximum atomic E-state index is 10.4. The zero-order chi connectivity index (χ0) is 8.97. The van der Waals surface area contributed by atoms with Crippen LogP contribution in [0.2, 0.25) is 5.02 Å². The highest BCUT2D eigenvalue weighted by atomic mass is 35.5. The molecule has 0 bridgehead atoms. The van der Waals surface area contributed by atoms with E-state index in [1.165, 1.54) is 0 Å². The minimum absolute atomic E-state index is 0.579. The van der Waals surface area contributed by atoms with Gasteiger partial charge in [-0.25, -0.2) is 0 Å². The molecule has 1 rings (SSSR count). The number of aldehydes is 1. The van der Waals surface area contributed by atoms with Gasteiger partial charge in [0.2, 0.25) is 0 Å². The van der Waals surface area contributed by atoms with Gasteiger partial charge in [0.1, 0.15) is 6.29 Å². The van der Waals surface area contributed by atoms with Gasteiger partial charge in [-0.1, -0.05) is 11.6 Å². The molecule has 64 valence electrons. The third kappa shape index (κ3) is 2.24. The van der Waals surface area contributed by atoms with Crippen molar-refractivity contribution in [3.63, 3.8) is 0 Å². The van der Waals surface area contributed by atoms with Crippen LogP contribution in [-0.2, 0) is 0 Å². The molecule has 0 unspecified atom stereocenters. The van der Waals surface area contributed by atoms with Crippen LogP contribution in [-0.4, -0.2) is 12.8 Å². The Morgan fingerprint density at radius 1 is 1.50 bits per heavy atom. The van der Waals surface area contributed by atoms with Gasteiger partial charge < -0.3 is 5.32 Å². The lowest BCUT2D eigenvalue weighted by molar-refractivity contribution is 0.112. The molecule has 0 radical (unpaired) electrons. The third-order valence-electron chi connectivity index (χ3n) is 1.44. The molecule has 0 spiro atoms. The summed E-state index contributed by atoms with van der Waals surface area (Å²) in [6.07, 6.45) is 0.784. The van der Waals surface area contributed by atoms with E-state index in [1.54, 1.807) is 18.2 Å². The van der Waals surface area contributed by atoms with Crippen molar-refractivity contribution in [3.8, 4) is 0 Å². The summed E-state index contributed by atoms with van der Waals surface area (Å²) in [5.74, 6) is 0. The van der Waals surface area contributed by atoms with Crippen LogP contribution in [0.15, 0.2) is 18.2 Å². The molecule has 12 heavy (non-hydrogen) atoms. The molecular weight excluding hydrogens is 174 g/mol. The predicted molar refractivity (Wildman–Crippen MR) is 51.0 cm³/mol. The molecule has 0 aliphatic carbocycles. The van der Waals surface area contributed by atoms with E-state index in [9.17, 15) is 4.79 Å². The largest absolute Gasteiger partial charge is 0.385 e. The first kappa shape index (κ1) is 9.07. The van der Waals surface area contributed by atoms with Gasteiger partial charge >= 0.3 is 0 Å². The minimum atomic E-state index is 0.579. The summed E-state index contributed by atoms with van der Waals surface area (Å²) in [7, 11) is 0. The van der Waals surface area contributed by atoms with E-state index in [-0.39, 0.29) is 0 Å². The number of nitrogens with one attached hydrogen (secondary N) is 1. The summed E-state index contributed by atoms with van der Waals surface area (Å²) >= 11 is 5.77. The Balaban J connectivity index is 2.97. The van der Waals surface area contributed by atoms with Crippen LogP contribution in [0.1, 0.15) is 17.3 Å². The zero-order valence-electron chi connectivity index (χ0n) is 6.80. The molecule has 1 N–H and O–H groups in total. The van der Waals surface area contributed by atoms with Crippen LogP contribution in [0.5, 0.6) is 0 Å². The number of hydrogen-bond acceptors (Lipinski definition) is 2. The number of carbonyl (C=O) groups is 1. The molecule has 1 aromatic rings. The van der Waals surface area contributed by atoms with Crippen molar-refractivity contribution in [2.75, 3.05) is 11.9 Å². The second-order valence-corrected chi connectivity index (χ2v) is 2.86. The minimum Gasteiger partial charge on any atom is -0.385 e. The second-order valence-electron chi connectivity index (χ2n) is 2.42. The molecular formula is C9H10ClNO. The molecule has 1 aromatic carbocycles. The standard InChI is InChI=1S/C9H10ClNO/c1-2-11-9-4-7(6-12)3-8(10)5-9/h3-6,11H,2H2,1H3.